The maximum Gasteiger partial charge on any atom is 0.339 e. The van der Waals surface area contributed by atoms with E-state index < -0.39 is 0 Å². The average Bonchev–Trinajstić information content (AvgIpc) is 2.64. The summed E-state index contributed by atoms with van der Waals surface area (Å²) in [5.74, 6) is -0.331. The summed E-state index contributed by atoms with van der Waals surface area (Å²) in [5, 5.41) is 0. The molecule has 1 aromatic heterocycles. The highest BCUT2D eigenvalue weighted by atomic mass is 16.5. The Morgan fingerprint density at radius 3 is 2.95 bits per heavy atom. The van der Waals surface area contributed by atoms with Crippen LogP contribution in [0.5, 0.6) is 0 Å². The van der Waals surface area contributed by atoms with E-state index in [9.17, 15) is 4.79 Å². The van der Waals surface area contributed by atoms with Gasteiger partial charge in [0.25, 0.3) is 0 Å². The molecule has 4 nitrogen and oxygen atoms in total. The second-order valence-corrected chi connectivity index (χ2v) is 5.20. The fraction of sp³-hybridized carbons (Fsp3) is 0.600. The fourth-order valence-electron chi connectivity index (χ4n) is 2.53. The molecular formula is C15H22N2O2. The second kappa shape index (κ2) is 6.66. The van der Waals surface area contributed by atoms with Crippen LogP contribution >= 0.6 is 0 Å². The Balaban J connectivity index is 2.00. The number of rotatable bonds is 3. The zero-order valence-electron chi connectivity index (χ0n) is 11.8. The number of carbonyl (C=O) groups is 1. The number of esters is 1. The molecule has 1 aliphatic heterocycles. The molecular weight excluding hydrogens is 240 g/mol. The molecule has 0 aromatic carbocycles. The van der Waals surface area contributed by atoms with Crippen molar-refractivity contribution >= 4 is 5.97 Å². The zero-order valence-corrected chi connectivity index (χ0v) is 11.8. The summed E-state index contributed by atoms with van der Waals surface area (Å²) < 4.78 is 4.67. The van der Waals surface area contributed by atoms with Crippen LogP contribution in [0.3, 0.4) is 0 Å². The molecule has 0 saturated carbocycles. The van der Waals surface area contributed by atoms with E-state index >= 15 is 0 Å². The summed E-state index contributed by atoms with van der Waals surface area (Å²) in [7, 11) is 1.38. The lowest BCUT2D eigenvalue weighted by Crippen LogP contribution is -2.32. The lowest BCUT2D eigenvalue weighted by atomic mass is 10.1. The van der Waals surface area contributed by atoms with Gasteiger partial charge in [0.1, 0.15) is 0 Å². The molecule has 104 valence electrons. The van der Waals surface area contributed by atoms with Crippen molar-refractivity contribution in [1.29, 1.82) is 0 Å². The van der Waals surface area contributed by atoms with E-state index in [4.69, 9.17) is 0 Å². The molecule has 1 aromatic rings. The number of nitrogens with zero attached hydrogens (tertiary/aromatic N) is 2. The van der Waals surface area contributed by atoms with E-state index in [1.807, 2.05) is 6.07 Å². The van der Waals surface area contributed by atoms with Gasteiger partial charge in [0, 0.05) is 18.8 Å². The number of methoxy groups -OCH3 is 1. The molecule has 2 heterocycles. The van der Waals surface area contributed by atoms with Gasteiger partial charge in [-0.15, -0.1) is 0 Å². The van der Waals surface area contributed by atoms with Crippen molar-refractivity contribution in [3.63, 3.8) is 0 Å². The van der Waals surface area contributed by atoms with E-state index in [1.165, 1.54) is 32.8 Å². The molecule has 0 radical (unpaired) electrons. The predicted molar refractivity (Wildman–Crippen MR) is 73.9 cm³/mol. The summed E-state index contributed by atoms with van der Waals surface area (Å²) >= 11 is 0. The Morgan fingerprint density at radius 2 is 2.26 bits per heavy atom. The third-order valence-corrected chi connectivity index (χ3v) is 3.80. The number of carbonyl (C=O) groups excluding carboxylic acids is 1. The van der Waals surface area contributed by atoms with Crippen molar-refractivity contribution in [2.45, 2.75) is 45.2 Å². The molecule has 1 unspecified atom stereocenters. The van der Waals surface area contributed by atoms with Crippen LogP contribution < -0.4 is 0 Å². The molecule has 0 bridgehead atoms. The molecule has 1 aliphatic rings. The first-order chi connectivity index (χ1) is 9.20. The van der Waals surface area contributed by atoms with Gasteiger partial charge >= 0.3 is 5.97 Å². The maximum absolute atomic E-state index is 11.3. The monoisotopic (exact) mass is 262 g/mol. The van der Waals surface area contributed by atoms with Crippen molar-refractivity contribution in [2.75, 3.05) is 13.7 Å². The maximum atomic E-state index is 11.3. The van der Waals surface area contributed by atoms with Crippen LogP contribution in [0.25, 0.3) is 0 Å². The Morgan fingerprint density at radius 1 is 1.42 bits per heavy atom. The predicted octanol–water partition coefficient (Wildman–Crippen LogP) is 2.63. The molecule has 0 spiro atoms. The van der Waals surface area contributed by atoms with E-state index in [0.29, 0.717) is 11.6 Å². The molecule has 1 atom stereocenters. The van der Waals surface area contributed by atoms with E-state index in [2.05, 4.69) is 21.5 Å². The van der Waals surface area contributed by atoms with Gasteiger partial charge < -0.3 is 4.74 Å². The van der Waals surface area contributed by atoms with Crippen molar-refractivity contribution in [3.8, 4) is 0 Å². The van der Waals surface area contributed by atoms with Crippen LogP contribution in [0.15, 0.2) is 18.3 Å². The molecule has 1 fully saturated rings. The lowest BCUT2D eigenvalue weighted by molar-refractivity contribution is 0.0600. The van der Waals surface area contributed by atoms with Crippen molar-refractivity contribution in [2.24, 2.45) is 0 Å². The van der Waals surface area contributed by atoms with Gasteiger partial charge in [-0.1, -0.05) is 12.8 Å². The molecule has 0 N–H and O–H groups in total. The van der Waals surface area contributed by atoms with Gasteiger partial charge in [-0.25, -0.2) is 4.79 Å². The van der Waals surface area contributed by atoms with Crippen molar-refractivity contribution in [3.05, 3.63) is 29.6 Å². The van der Waals surface area contributed by atoms with Crippen LogP contribution in [-0.4, -0.2) is 35.5 Å². The summed E-state index contributed by atoms with van der Waals surface area (Å²) in [5.41, 5.74) is 1.52. The molecule has 4 heteroatoms. The largest absolute Gasteiger partial charge is 0.465 e. The second-order valence-electron chi connectivity index (χ2n) is 5.20. The summed E-state index contributed by atoms with van der Waals surface area (Å²) in [6, 6.07) is 4.32. The van der Waals surface area contributed by atoms with Gasteiger partial charge in [0.05, 0.1) is 18.4 Å². The number of aromatic nitrogens is 1. The summed E-state index contributed by atoms with van der Waals surface area (Å²) in [4.78, 5) is 18.2. The first kappa shape index (κ1) is 14.0. The van der Waals surface area contributed by atoms with E-state index in [-0.39, 0.29) is 5.97 Å². The average molecular weight is 262 g/mol. The first-order valence-corrected chi connectivity index (χ1v) is 6.98. The number of hydrogen-bond donors (Lipinski definition) is 0. The van der Waals surface area contributed by atoms with Crippen molar-refractivity contribution < 1.29 is 9.53 Å². The number of ether oxygens (including phenoxy) is 1. The van der Waals surface area contributed by atoms with Gasteiger partial charge in [-0.05, 0) is 38.4 Å². The minimum absolute atomic E-state index is 0.331. The molecule has 1 saturated heterocycles. The van der Waals surface area contributed by atoms with Crippen LogP contribution in [0, 0.1) is 0 Å². The minimum Gasteiger partial charge on any atom is -0.465 e. The molecule has 2 rings (SSSR count). The fourth-order valence-corrected chi connectivity index (χ4v) is 2.53. The first-order valence-electron chi connectivity index (χ1n) is 6.98. The standard InChI is InChI=1S/C15H22N2O2/c1-12-6-4-3-5-9-17(12)11-14-8-7-13(10-16-14)15(18)19-2/h7-8,10,12H,3-6,9,11H2,1-2H3. The molecule has 19 heavy (non-hydrogen) atoms. The van der Waals surface area contributed by atoms with Gasteiger partial charge in [-0.3, -0.25) is 9.88 Å². The van der Waals surface area contributed by atoms with Gasteiger partial charge in [0.15, 0.2) is 0 Å². The highest BCUT2D eigenvalue weighted by molar-refractivity contribution is 5.88. The normalized spacial score (nSPS) is 20.8. The number of pyridine rings is 1. The van der Waals surface area contributed by atoms with Crippen LogP contribution in [0.2, 0.25) is 0 Å². The Kier molecular flexibility index (Phi) is 4.91. The third-order valence-electron chi connectivity index (χ3n) is 3.80. The van der Waals surface area contributed by atoms with E-state index in [1.54, 1.807) is 12.3 Å². The lowest BCUT2D eigenvalue weighted by Gasteiger charge is -2.26. The number of likely N-dealkylation sites (tertiary alicyclic amines) is 1. The SMILES string of the molecule is COC(=O)c1ccc(CN2CCCCCC2C)nc1. The van der Waals surface area contributed by atoms with Crippen molar-refractivity contribution in [1.82, 2.24) is 9.88 Å². The van der Waals surface area contributed by atoms with Crippen LogP contribution in [0.1, 0.15) is 48.7 Å². The summed E-state index contributed by atoms with van der Waals surface area (Å²) in [6.45, 7) is 4.29. The summed E-state index contributed by atoms with van der Waals surface area (Å²) in [6.07, 6.45) is 6.79. The zero-order chi connectivity index (χ0) is 13.7. The van der Waals surface area contributed by atoms with Gasteiger partial charge in [-0.2, -0.15) is 0 Å². The van der Waals surface area contributed by atoms with Crippen LogP contribution in [0.4, 0.5) is 0 Å². The Labute approximate surface area is 114 Å². The topological polar surface area (TPSA) is 42.4 Å². The minimum atomic E-state index is -0.331. The van der Waals surface area contributed by atoms with Crippen LogP contribution in [-0.2, 0) is 11.3 Å². The smallest absolute Gasteiger partial charge is 0.339 e. The molecule has 0 amide bonds. The Hall–Kier alpha value is -1.42. The van der Waals surface area contributed by atoms with Gasteiger partial charge in [0.2, 0.25) is 0 Å². The highest BCUT2D eigenvalue weighted by Gasteiger charge is 2.17. The third kappa shape index (κ3) is 3.77. The Bertz CT molecular complexity index is 417. The quantitative estimate of drug-likeness (QED) is 0.785. The molecule has 0 aliphatic carbocycles. The van der Waals surface area contributed by atoms with E-state index in [0.717, 1.165) is 18.8 Å². The number of hydrogen-bond acceptors (Lipinski definition) is 4. The highest BCUT2D eigenvalue weighted by Crippen LogP contribution is 2.18.